The number of hydrogen-bond acceptors (Lipinski definition) is 1. The van der Waals surface area contributed by atoms with Gasteiger partial charge < -0.3 is 4.98 Å². The van der Waals surface area contributed by atoms with E-state index in [0.29, 0.717) is 12.1 Å². The summed E-state index contributed by atoms with van der Waals surface area (Å²) in [6, 6.07) is 0.870. The third-order valence-electron chi connectivity index (χ3n) is 1.48. The highest BCUT2D eigenvalue weighted by molar-refractivity contribution is 5.17. The first kappa shape index (κ1) is 10.7. The summed E-state index contributed by atoms with van der Waals surface area (Å²) in [6.45, 7) is 0. The number of aromatic nitrogens is 1. The van der Waals surface area contributed by atoms with Gasteiger partial charge in [0.05, 0.1) is 5.56 Å². The number of pyridine rings is 1. The molecule has 0 aliphatic carbocycles. The minimum atomic E-state index is -4.74. The second kappa shape index (κ2) is 3.39. The Bertz CT molecular complexity index is 380. The number of aromatic amines is 1. The summed E-state index contributed by atoms with van der Waals surface area (Å²) in [5.41, 5.74) is -3.74. The first-order chi connectivity index (χ1) is 6.32. The third-order valence-corrected chi connectivity index (χ3v) is 1.48. The minimum absolute atomic E-state index is 0.406. The molecule has 0 aliphatic rings. The van der Waals surface area contributed by atoms with Crippen molar-refractivity contribution in [2.75, 3.05) is 0 Å². The Morgan fingerprint density at radius 2 is 1.79 bits per heavy atom. The lowest BCUT2D eigenvalue weighted by Crippen LogP contribution is -2.19. The third kappa shape index (κ3) is 2.09. The van der Waals surface area contributed by atoms with Crippen molar-refractivity contribution in [3.05, 3.63) is 33.7 Å². The van der Waals surface area contributed by atoms with Crippen molar-refractivity contribution < 1.29 is 22.0 Å². The summed E-state index contributed by atoms with van der Waals surface area (Å²) in [5, 5.41) is 0. The summed E-state index contributed by atoms with van der Waals surface area (Å²) < 4.78 is 59.7. The molecule has 2 nitrogen and oxygen atoms in total. The summed E-state index contributed by atoms with van der Waals surface area (Å²) in [7, 11) is 0. The van der Waals surface area contributed by atoms with E-state index in [-0.39, 0.29) is 0 Å². The number of hydrogen-bond donors (Lipinski definition) is 1. The Morgan fingerprint density at radius 3 is 2.14 bits per heavy atom. The van der Waals surface area contributed by atoms with Crippen LogP contribution < -0.4 is 5.56 Å². The quantitative estimate of drug-likeness (QED) is 0.713. The van der Waals surface area contributed by atoms with Gasteiger partial charge in [-0.3, -0.25) is 4.79 Å². The molecule has 0 saturated heterocycles. The highest BCUT2D eigenvalue weighted by Crippen LogP contribution is 2.27. The van der Waals surface area contributed by atoms with Crippen LogP contribution in [0.25, 0.3) is 0 Å². The molecule has 0 radical (unpaired) electrons. The maximum Gasteiger partial charge on any atom is 0.431 e. The maximum atomic E-state index is 12.0. The van der Waals surface area contributed by atoms with Crippen molar-refractivity contribution >= 4 is 0 Å². The van der Waals surface area contributed by atoms with Crippen LogP contribution in [-0.2, 0) is 6.18 Å². The molecule has 1 N–H and O–H groups in total. The number of halogens is 5. The fourth-order valence-corrected chi connectivity index (χ4v) is 0.822. The van der Waals surface area contributed by atoms with Crippen molar-refractivity contribution in [1.82, 2.24) is 4.98 Å². The van der Waals surface area contributed by atoms with E-state index in [9.17, 15) is 26.7 Å². The van der Waals surface area contributed by atoms with E-state index in [1.165, 1.54) is 4.98 Å². The lowest BCUT2D eigenvalue weighted by molar-refractivity contribution is -0.141. The van der Waals surface area contributed by atoms with Crippen molar-refractivity contribution in [2.24, 2.45) is 0 Å². The molecule has 0 atom stereocenters. The van der Waals surface area contributed by atoms with Crippen LogP contribution in [0.1, 0.15) is 17.7 Å². The highest BCUT2D eigenvalue weighted by atomic mass is 19.4. The van der Waals surface area contributed by atoms with Crippen molar-refractivity contribution in [1.29, 1.82) is 0 Å². The Kier molecular flexibility index (Phi) is 2.59. The van der Waals surface area contributed by atoms with E-state index >= 15 is 0 Å². The maximum absolute atomic E-state index is 12.0. The Morgan fingerprint density at radius 1 is 1.21 bits per heavy atom. The van der Waals surface area contributed by atoms with Crippen molar-refractivity contribution in [2.45, 2.75) is 12.6 Å². The normalized spacial score (nSPS) is 12.1. The monoisotopic (exact) mass is 213 g/mol. The van der Waals surface area contributed by atoms with E-state index in [2.05, 4.69) is 0 Å². The molecule has 0 aliphatic heterocycles. The second-order valence-corrected chi connectivity index (χ2v) is 2.45. The SMILES string of the molecule is O=c1[nH]c(C(F)(F)F)ccc1C(F)F. The molecule has 1 rings (SSSR count). The van der Waals surface area contributed by atoms with Crippen LogP contribution in [-0.4, -0.2) is 4.98 Å². The molecule has 7 heteroatoms. The lowest BCUT2D eigenvalue weighted by Gasteiger charge is -2.06. The van der Waals surface area contributed by atoms with E-state index < -0.39 is 29.4 Å². The summed E-state index contributed by atoms with van der Waals surface area (Å²) in [4.78, 5) is 12.0. The molecule has 1 aromatic heterocycles. The summed E-state index contributed by atoms with van der Waals surface area (Å²) >= 11 is 0. The average Bonchev–Trinajstić information content (AvgIpc) is 2.01. The average molecular weight is 213 g/mol. The largest absolute Gasteiger partial charge is 0.431 e. The molecule has 0 amide bonds. The zero-order chi connectivity index (χ0) is 10.9. The number of H-pyrrole nitrogens is 1. The number of alkyl halides is 5. The molecule has 0 aromatic carbocycles. The molecule has 0 bridgehead atoms. The van der Waals surface area contributed by atoms with Crippen molar-refractivity contribution in [3.63, 3.8) is 0 Å². The Balaban J connectivity index is 3.21. The molecular weight excluding hydrogens is 209 g/mol. The van der Waals surface area contributed by atoms with Crippen LogP contribution in [0.15, 0.2) is 16.9 Å². The van der Waals surface area contributed by atoms with Crippen LogP contribution in [0.3, 0.4) is 0 Å². The molecule has 1 heterocycles. The molecular formula is C7H4F5NO. The topological polar surface area (TPSA) is 32.9 Å². The Labute approximate surface area is 74.4 Å². The first-order valence-electron chi connectivity index (χ1n) is 3.41. The predicted molar refractivity (Wildman–Crippen MR) is 37.0 cm³/mol. The molecule has 78 valence electrons. The number of rotatable bonds is 1. The highest BCUT2D eigenvalue weighted by Gasteiger charge is 2.32. The van der Waals surface area contributed by atoms with Gasteiger partial charge >= 0.3 is 6.18 Å². The molecule has 0 saturated carbocycles. The van der Waals surface area contributed by atoms with Crippen LogP contribution >= 0.6 is 0 Å². The zero-order valence-corrected chi connectivity index (χ0v) is 6.53. The molecule has 1 aromatic rings. The first-order valence-corrected chi connectivity index (χ1v) is 3.41. The number of nitrogens with one attached hydrogen (secondary N) is 1. The van der Waals surface area contributed by atoms with E-state index in [4.69, 9.17) is 0 Å². The van der Waals surface area contributed by atoms with E-state index in [1.54, 1.807) is 0 Å². The van der Waals surface area contributed by atoms with Gasteiger partial charge in [-0.1, -0.05) is 0 Å². The lowest BCUT2D eigenvalue weighted by atomic mass is 10.2. The molecule has 0 unspecified atom stereocenters. The van der Waals surface area contributed by atoms with Crippen molar-refractivity contribution in [3.8, 4) is 0 Å². The molecule has 0 spiro atoms. The predicted octanol–water partition coefficient (Wildman–Crippen LogP) is 2.33. The van der Waals surface area contributed by atoms with Gasteiger partial charge in [-0.2, -0.15) is 13.2 Å². The van der Waals surface area contributed by atoms with Crippen LogP contribution in [0.2, 0.25) is 0 Å². The van der Waals surface area contributed by atoms with Gasteiger partial charge in [0.25, 0.3) is 12.0 Å². The Hall–Kier alpha value is -1.40. The summed E-state index contributed by atoms with van der Waals surface area (Å²) in [5.74, 6) is 0. The standard InChI is InChI=1S/C7H4F5NO/c8-5(9)3-1-2-4(7(10,11)12)13-6(3)14/h1-2,5H,(H,13,14). The van der Waals surface area contributed by atoms with Gasteiger partial charge in [0.15, 0.2) is 0 Å². The second-order valence-electron chi connectivity index (χ2n) is 2.45. The van der Waals surface area contributed by atoms with E-state index in [1.807, 2.05) is 0 Å². The minimum Gasteiger partial charge on any atom is -0.318 e. The molecule has 0 fully saturated rings. The van der Waals surface area contributed by atoms with Gasteiger partial charge in [-0.25, -0.2) is 8.78 Å². The van der Waals surface area contributed by atoms with Gasteiger partial charge in [-0.05, 0) is 12.1 Å². The van der Waals surface area contributed by atoms with E-state index in [0.717, 1.165) is 0 Å². The van der Waals surface area contributed by atoms with Crippen LogP contribution in [0.4, 0.5) is 22.0 Å². The van der Waals surface area contributed by atoms with Crippen LogP contribution in [0, 0.1) is 0 Å². The van der Waals surface area contributed by atoms with Crippen LogP contribution in [0.5, 0.6) is 0 Å². The summed E-state index contributed by atoms with van der Waals surface area (Å²) in [6.07, 6.45) is -7.82. The van der Waals surface area contributed by atoms with Gasteiger partial charge in [0.2, 0.25) is 0 Å². The van der Waals surface area contributed by atoms with Gasteiger partial charge in [0, 0.05) is 0 Å². The van der Waals surface area contributed by atoms with Gasteiger partial charge in [-0.15, -0.1) is 0 Å². The fraction of sp³-hybridized carbons (Fsp3) is 0.286. The van der Waals surface area contributed by atoms with Gasteiger partial charge in [0.1, 0.15) is 5.69 Å². The molecule has 14 heavy (non-hydrogen) atoms. The fourth-order valence-electron chi connectivity index (χ4n) is 0.822. The smallest absolute Gasteiger partial charge is 0.318 e. The zero-order valence-electron chi connectivity index (χ0n) is 6.53.